The molecule has 0 saturated carbocycles. The van der Waals surface area contributed by atoms with Crippen molar-refractivity contribution in [1.82, 2.24) is 0 Å². The summed E-state index contributed by atoms with van der Waals surface area (Å²) in [5.41, 5.74) is 0. The molecular weight excluding hydrogens is 140 g/mol. The van der Waals surface area contributed by atoms with E-state index in [4.69, 9.17) is 4.74 Å². The average Bonchev–Trinajstić information content (AvgIpc) is 1.93. The molecule has 1 aromatic carbocycles. The first-order valence-corrected chi connectivity index (χ1v) is 3.46. The highest BCUT2D eigenvalue weighted by Crippen LogP contribution is 2.26. The van der Waals surface area contributed by atoms with E-state index in [0.29, 0.717) is 5.75 Å². The molecule has 1 aromatic rings. The number of ether oxygens (including phenoxy) is 1. The van der Waals surface area contributed by atoms with Crippen LogP contribution in [0.5, 0.6) is 11.5 Å². The van der Waals surface area contributed by atoms with Gasteiger partial charge in [0.2, 0.25) is 0 Å². The molecule has 0 saturated heterocycles. The maximum Gasteiger partial charge on any atom is 0.161 e. The summed E-state index contributed by atoms with van der Waals surface area (Å²) in [4.78, 5) is 0. The van der Waals surface area contributed by atoms with Crippen LogP contribution >= 0.6 is 0 Å². The van der Waals surface area contributed by atoms with Crippen molar-refractivity contribution in [3.63, 3.8) is 0 Å². The maximum absolute atomic E-state index is 9.22. The maximum atomic E-state index is 9.22. The molecule has 0 unspecified atom stereocenters. The Bertz CT molecular complexity index is 231. The highest BCUT2D eigenvalue weighted by Gasteiger charge is 2.01. The number of aromatic hydroxyl groups is 1. The molecule has 0 spiro atoms. The van der Waals surface area contributed by atoms with Gasteiger partial charge in [-0.25, -0.2) is 0 Å². The van der Waals surface area contributed by atoms with Crippen LogP contribution in [-0.2, 0) is 0 Å². The number of phenols is 1. The zero-order valence-electron chi connectivity index (χ0n) is 6.66. The smallest absolute Gasteiger partial charge is 0.161 e. The number of para-hydroxylation sites is 2. The van der Waals surface area contributed by atoms with Crippen LogP contribution in [0.15, 0.2) is 24.3 Å². The van der Waals surface area contributed by atoms with Gasteiger partial charge in [0.25, 0.3) is 0 Å². The lowest BCUT2D eigenvalue weighted by molar-refractivity contribution is 0.323. The molecule has 0 amide bonds. The molecule has 0 heterocycles. The zero-order chi connectivity index (χ0) is 8.27. The van der Waals surface area contributed by atoms with Gasteiger partial charge in [0, 0.05) is 0 Å². The van der Waals surface area contributed by atoms with Gasteiger partial charge in [-0.2, -0.15) is 0 Å². The Labute approximate surface area is 66.4 Å². The van der Waals surface area contributed by atoms with Gasteiger partial charge in [0.1, 0.15) is 6.10 Å². The Kier molecular flexibility index (Phi) is 2.36. The monoisotopic (exact) mass is 151 g/mol. The molecule has 11 heavy (non-hydrogen) atoms. The third kappa shape index (κ3) is 2.15. The summed E-state index contributed by atoms with van der Waals surface area (Å²) >= 11 is 0. The quantitative estimate of drug-likeness (QED) is 0.703. The molecule has 2 heteroatoms. The largest absolute Gasteiger partial charge is 0.504 e. The summed E-state index contributed by atoms with van der Waals surface area (Å²) in [5, 5.41) is 9.22. The van der Waals surface area contributed by atoms with Gasteiger partial charge in [-0.05, 0) is 26.0 Å². The lowest BCUT2D eigenvalue weighted by Crippen LogP contribution is -1.95. The molecule has 0 aromatic heterocycles. The van der Waals surface area contributed by atoms with Gasteiger partial charge in [-0.15, -0.1) is 0 Å². The normalized spacial score (nSPS) is 10.1. The van der Waals surface area contributed by atoms with Crippen molar-refractivity contribution in [1.29, 1.82) is 0 Å². The van der Waals surface area contributed by atoms with E-state index in [2.05, 4.69) is 0 Å². The van der Waals surface area contributed by atoms with Gasteiger partial charge in [0.15, 0.2) is 11.5 Å². The summed E-state index contributed by atoms with van der Waals surface area (Å²) in [5.74, 6) is 0.682. The summed E-state index contributed by atoms with van der Waals surface area (Å²) in [7, 11) is 0. The average molecular weight is 151 g/mol. The fourth-order valence-electron chi connectivity index (χ4n) is 0.763. The van der Waals surface area contributed by atoms with E-state index >= 15 is 0 Å². The van der Waals surface area contributed by atoms with Crippen molar-refractivity contribution in [3.8, 4) is 11.5 Å². The Balaban J connectivity index is 2.78. The zero-order valence-corrected chi connectivity index (χ0v) is 6.66. The van der Waals surface area contributed by atoms with Crippen LogP contribution in [0.2, 0.25) is 0 Å². The SMILES string of the molecule is C[C](C)Oc1ccccc1O. The van der Waals surface area contributed by atoms with Gasteiger partial charge in [-0.1, -0.05) is 12.1 Å². The van der Waals surface area contributed by atoms with Gasteiger partial charge in [-0.3, -0.25) is 0 Å². The number of benzene rings is 1. The standard InChI is InChI=1S/C9H11O2/c1-7(2)11-9-6-4-3-5-8(9)10/h3-6,10H,1-2H3. The molecule has 0 aliphatic heterocycles. The third-order valence-electron chi connectivity index (χ3n) is 1.18. The molecule has 59 valence electrons. The highest BCUT2D eigenvalue weighted by atomic mass is 16.5. The van der Waals surface area contributed by atoms with E-state index in [1.807, 2.05) is 19.9 Å². The Morgan fingerprint density at radius 2 is 1.91 bits per heavy atom. The summed E-state index contributed by atoms with van der Waals surface area (Å²) < 4.78 is 5.21. The van der Waals surface area contributed by atoms with E-state index in [1.54, 1.807) is 18.2 Å². The Morgan fingerprint density at radius 1 is 1.27 bits per heavy atom. The lowest BCUT2D eigenvalue weighted by Gasteiger charge is -2.08. The van der Waals surface area contributed by atoms with Gasteiger partial charge >= 0.3 is 0 Å². The third-order valence-corrected chi connectivity index (χ3v) is 1.18. The van der Waals surface area contributed by atoms with E-state index in [1.165, 1.54) is 0 Å². The van der Waals surface area contributed by atoms with Crippen LogP contribution in [0, 0.1) is 6.10 Å². The number of hydrogen-bond acceptors (Lipinski definition) is 2. The number of hydrogen-bond donors (Lipinski definition) is 1. The predicted molar refractivity (Wildman–Crippen MR) is 43.3 cm³/mol. The molecule has 0 aliphatic carbocycles. The van der Waals surface area contributed by atoms with Crippen molar-refractivity contribution < 1.29 is 9.84 Å². The molecule has 0 aliphatic rings. The summed E-state index contributed by atoms with van der Waals surface area (Å²) in [6.07, 6.45) is 0.812. The number of rotatable bonds is 2. The molecule has 1 rings (SSSR count). The second-order valence-electron chi connectivity index (χ2n) is 2.48. The Morgan fingerprint density at radius 3 is 2.45 bits per heavy atom. The molecular formula is C9H11O2. The number of phenolic OH excluding ortho intramolecular Hbond substituents is 1. The first-order chi connectivity index (χ1) is 5.20. The first-order valence-electron chi connectivity index (χ1n) is 3.46. The molecule has 1 radical (unpaired) electrons. The van der Waals surface area contributed by atoms with Gasteiger partial charge < -0.3 is 9.84 Å². The van der Waals surface area contributed by atoms with Crippen molar-refractivity contribution in [2.75, 3.05) is 0 Å². The molecule has 2 nitrogen and oxygen atoms in total. The fraction of sp³-hybridized carbons (Fsp3) is 0.222. The highest BCUT2D eigenvalue weighted by molar-refractivity contribution is 5.38. The minimum atomic E-state index is 0.175. The minimum Gasteiger partial charge on any atom is -0.504 e. The van der Waals surface area contributed by atoms with Crippen LogP contribution in [0.25, 0.3) is 0 Å². The molecule has 0 fully saturated rings. The second-order valence-corrected chi connectivity index (χ2v) is 2.48. The fourth-order valence-corrected chi connectivity index (χ4v) is 0.763. The van der Waals surface area contributed by atoms with E-state index in [-0.39, 0.29) is 5.75 Å². The summed E-state index contributed by atoms with van der Waals surface area (Å²) in [6.45, 7) is 3.68. The van der Waals surface area contributed by atoms with Crippen molar-refractivity contribution in [2.45, 2.75) is 13.8 Å². The van der Waals surface area contributed by atoms with E-state index < -0.39 is 0 Å². The summed E-state index contributed by atoms with van der Waals surface area (Å²) in [6, 6.07) is 6.89. The Hall–Kier alpha value is -1.18. The first kappa shape index (κ1) is 7.92. The van der Waals surface area contributed by atoms with Crippen LogP contribution in [-0.4, -0.2) is 5.11 Å². The van der Waals surface area contributed by atoms with E-state index in [0.717, 1.165) is 6.10 Å². The van der Waals surface area contributed by atoms with Crippen LogP contribution < -0.4 is 4.74 Å². The predicted octanol–water partition coefficient (Wildman–Crippen LogP) is 2.34. The lowest BCUT2D eigenvalue weighted by atomic mass is 10.3. The van der Waals surface area contributed by atoms with Crippen molar-refractivity contribution >= 4 is 0 Å². The minimum absolute atomic E-state index is 0.175. The van der Waals surface area contributed by atoms with Crippen molar-refractivity contribution in [3.05, 3.63) is 30.4 Å². The van der Waals surface area contributed by atoms with Crippen LogP contribution in [0.4, 0.5) is 0 Å². The molecule has 0 atom stereocenters. The van der Waals surface area contributed by atoms with Crippen molar-refractivity contribution in [2.24, 2.45) is 0 Å². The molecule has 0 bridgehead atoms. The van der Waals surface area contributed by atoms with Crippen LogP contribution in [0.1, 0.15) is 13.8 Å². The topological polar surface area (TPSA) is 29.5 Å². The van der Waals surface area contributed by atoms with Gasteiger partial charge in [0.05, 0.1) is 0 Å². The van der Waals surface area contributed by atoms with E-state index in [9.17, 15) is 5.11 Å². The second kappa shape index (κ2) is 3.28. The van der Waals surface area contributed by atoms with Crippen LogP contribution in [0.3, 0.4) is 0 Å². The molecule has 1 N–H and O–H groups in total.